The molecule has 1 aliphatic heterocycles. The lowest BCUT2D eigenvalue weighted by molar-refractivity contribution is 0.0313. The number of nitrogens with zero attached hydrogens (tertiary/aromatic N) is 1. The van der Waals surface area contributed by atoms with Gasteiger partial charge in [0.05, 0.1) is 25.0 Å². The molecule has 0 amide bonds. The van der Waals surface area contributed by atoms with Crippen LogP contribution in [0.3, 0.4) is 0 Å². The summed E-state index contributed by atoms with van der Waals surface area (Å²) in [6, 6.07) is 1.75. The first-order valence-corrected chi connectivity index (χ1v) is 7.62. The van der Waals surface area contributed by atoms with E-state index in [9.17, 15) is 4.79 Å². The Bertz CT molecular complexity index is 457. The lowest BCUT2D eigenvalue weighted by atomic mass is 10.1. The van der Waals surface area contributed by atoms with Crippen LogP contribution in [0.2, 0.25) is 0 Å². The van der Waals surface area contributed by atoms with Crippen molar-refractivity contribution in [2.24, 2.45) is 0 Å². The third kappa shape index (κ3) is 5.44. The Kier molecular flexibility index (Phi) is 6.14. The van der Waals surface area contributed by atoms with E-state index >= 15 is 0 Å². The van der Waals surface area contributed by atoms with E-state index in [1.54, 1.807) is 18.5 Å². The summed E-state index contributed by atoms with van der Waals surface area (Å²) in [5, 5.41) is 3.29. The molecule has 0 aliphatic carbocycles. The molecule has 1 saturated heterocycles. The second-order valence-corrected chi connectivity index (χ2v) is 5.57. The fourth-order valence-corrected chi connectivity index (χ4v) is 2.33. The Morgan fingerprint density at radius 3 is 2.86 bits per heavy atom. The molecule has 0 spiro atoms. The second kappa shape index (κ2) is 8.10. The minimum absolute atomic E-state index is 0.0469. The summed E-state index contributed by atoms with van der Waals surface area (Å²) < 4.78 is 11.3. The molecule has 1 aliphatic rings. The lowest BCUT2D eigenvalue weighted by Crippen LogP contribution is -2.32. The molecule has 1 N–H and O–H groups in total. The number of hydrogen-bond donors (Lipinski definition) is 1. The van der Waals surface area contributed by atoms with Gasteiger partial charge in [-0.2, -0.15) is 0 Å². The molecule has 2 heterocycles. The van der Waals surface area contributed by atoms with Gasteiger partial charge in [-0.05, 0) is 45.8 Å². The van der Waals surface area contributed by atoms with E-state index in [1.807, 2.05) is 13.8 Å². The normalized spacial score (nSPS) is 16.1. The van der Waals surface area contributed by atoms with Crippen molar-refractivity contribution >= 4 is 5.78 Å². The summed E-state index contributed by atoms with van der Waals surface area (Å²) in [6.45, 7) is 6.36. The Morgan fingerprint density at radius 2 is 2.14 bits per heavy atom. The molecule has 5 nitrogen and oxygen atoms in total. The van der Waals surface area contributed by atoms with Gasteiger partial charge in [-0.1, -0.05) is 0 Å². The third-order valence-electron chi connectivity index (χ3n) is 3.38. The second-order valence-electron chi connectivity index (χ2n) is 5.57. The maximum absolute atomic E-state index is 12.1. The molecular formula is C16H24N2O3. The van der Waals surface area contributed by atoms with Gasteiger partial charge in [-0.3, -0.25) is 9.78 Å². The van der Waals surface area contributed by atoms with E-state index in [0.29, 0.717) is 24.3 Å². The van der Waals surface area contributed by atoms with E-state index in [1.165, 1.54) is 0 Å². The lowest BCUT2D eigenvalue weighted by Gasteiger charge is -2.22. The predicted molar refractivity (Wildman–Crippen MR) is 80.8 cm³/mol. The van der Waals surface area contributed by atoms with Gasteiger partial charge in [0.1, 0.15) is 5.75 Å². The number of ether oxygens (including phenoxy) is 2. The molecule has 0 aromatic carbocycles. The van der Waals surface area contributed by atoms with Crippen LogP contribution in [0.15, 0.2) is 18.5 Å². The first-order chi connectivity index (χ1) is 10.1. The van der Waals surface area contributed by atoms with Crippen LogP contribution >= 0.6 is 0 Å². The van der Waals surface area contributed by atoms with Crippen LogP contribution in [-0.2, 0) is 4.74 Å². The summed E-state index contributed by atoms with van der Waals surface area (Å²) in [5.74, 6) is 0.681. The number of aromatic nitrogens is 1. The largest absolute Gasteiger partial charge is 0.489 e. The third-order valence-corrected chi connectivity index (χ3v) is 3.38. The van der Waals surface area contributed by atoms with Crippen LogP contribution in [0.1, 0.15) is 43.5 Å². The molecule has 0 unspecified atom stereocenters. The van der Waals surface area contributed by atoms with Crippen molar-refractivity contribution < 1.29 is 14.3 Å². The highest BCUT2D eigenvalue weighted by atomic mass is 16.5. The smallest absolute Gasteiger partial charge is 0.166 e. The van der Waals surface area contributed by atoms with Crippen LogP contribution in [0.4, 0.5) is 0 Å². The van der Waals surface area contributed by atoms with Crippen molar-refractivity contribution in [1.29, 1.82) is 0 Å². The first-order valence-electron chi connectivity index (χ1n) is 7.62. The fourth-order valence-electron chi connectivity index (χ4n) is 2.33. The van der Waals surface area contributed by atoms with Crippen LogP contribution in [0.5, 0.6) is 5.75 Å². The molecule has 21 heavy (non-hydrogen) atoms. The van der Waals surface area contributed by atoms with E-state index < -0.39 is 0 Å². The maximum Gasteiger partial charge on any atom is 0.166 e. The minimum Gasteiger partial charge on any atom is -0.489 e. The zero-order valence-electron chi connectivity index (χ0n) is 12.8. The number of hydrogen-bond acceptors (Lipinski definition) is 5. The Hall–Kier alpha value is -1.46. The SMILES string of the molecule is CC(C)Oc1cncc(C(=O)CCOC2CCNCC2)c1. The average Bonchev–Trinajstić information content (AvgIpc) is 2.48. The molecule has 5 heteroatoms. The molecule has 0 radical (unpaired) electrons. The number of carbonyl (C=O) groups excluding carboxylic acids is 1. The van der Waals surface area contributed by atoms with Crippen molar-refractivity contribution in [3.8, 4) is 5.75 Å². The Morgan fingerprint density at radius 1 is 1.38 bits per heavy atom. The monoisotopic (exact) mass is 292 g/mol. The van der Waals surface area contributed by atoms with Gasteiger partial charge in [0.15, 0.2) is 5.78 Å². The highest BCUT2D eigenvalue weighted by molar-refractivity contribution is 5.96. The highest BCUT2D eigenvalue weighted by Crippen LogP contribution is 2.15. The van der Waals surface area contributed by atoms with E-state index in [0.717, 1.165) is 25.9 Å². The number of Topliss-reactive ketones (excluding diaryl/α,β-unsaturated/α-hetero) is 1. The van der Waals surface area contributed by atoms with Gasteiger partial charge < -0.3 is 14.8 Å². The van der Waals surface area contributed by atoms with Crippen molar-refractivity contribution in [1.82, 2.24) is 10.3 Å². The van der Waals surface area contributed by atoms with Crippen LogP contribution in [-0.4, -0.2) is 42.7 Å². The highest BCUT2D eigenvalue weighted by Gasteiger charge is 2.14. The van der Waals surface area contributed by atoms with Crippen molar-refractivity contribution in [2.45, 2.75) is 45.3 Å². The van der Waals surface area contributed by atoms with Crippen LogP contribution in [0.25, 0.3) is 0 Å². The number of ketones is 1. The molecule has 1 fully saturated rings. The fraction of sp³-hybridized carbons (Fsp3) is 0.625. The summed E-state index contributed by atoms with van der Waals surface area (Å²) in [4.78, 5) is 16.2. The van der Waals surface area contributed by atoms with Crippen molar-refractivity contribution in [2.75, 3.05) is 19.7 Å². The quantitative estimate of drug-likeness (QED) is 0.781. The van der Waals surface area contributed by atoms with E-state index in [-0.39, 0.29) is 18.0 Å². The first kappa shape index (κ1) is 15.9. The van der Waals surface area contributed by atoms with Gasteiger partial charge in [0.2, 0.25) is 0 Å². The van der Waals surface area contributed by atoms with Gasteiger partial charge in [0.25, 0.3) is 0 Å². The molecule has 1 aromatic rings. The minimum atomic E-state index is 0.0469. The summed E-state index contributed by atoms with van der Waals surface area (Å²) in [5.41, 5.74) is 0.585. The van der Waals surface area contributed by atoms with Crippen molar-refractivity contribution in [3.63, 3.8) is 0 Å². The number of nitrogens with one attached hydrogen (secondary N) is 1. The molecule has 116 valence electrons. The van der Waals surface area contributed by atoms with Crippen LogP contribution < -0.4 is 10.1 Å². The standard InChI is InChI=1S/C16H24N2O3/c1-12(2)21-15-9-13(10-18-11-15)16(19)5-8-20-14-3-6-17-7-4-14/h9-12,14,17H,3-8H2,1-2H3. The Balaban J connectivity index is 1.79. The molecule has 0 atom stereocenters. The number of carbonyl (C=O) groups is 1. The van der Waals surface area contributed by atoms with Gasteiger partial charge in [-0.15, -0.1) is 0 Å². The van der Waals surface area contributed by atoms with Crippen molar-refractivity contribution in [3.05, 3.63) is 24.0 Å². The maximum atomic E-state index is 12.1. The Labute approximate surface area is 126 Å². The summed E-state index contributed by atoms with van der Waals surface area (Å²) in [6.07, 6.45) is 5.99. The summed E-state index contributed by atoms with van der Waals surface area (Å²) in [7, 11) is 0. The van der Waals surface area contributed by atoms with Gasteiger partial charge in [-0.25, -0.2) is 0 Å². The summed E-state index contributed by atoms with van der Waals surface area (Å²) >= 11 is 0. The zero-order valence-corrected chi connectivity index (χ0v) is 12.8. The molecular weight excluding hydrogens is 268 g/mol. The zero-order chi connectivity index (χ0) is 15.1. The topological polar surface area (TPSA) is 60.5 Å². The van der Waals surface area contributed by atoms with E-state index in [2.05, 4.69) is 10.3 Å². The number of rotatable bonds is 7. The number of piperidine rings is 1. The van der Waals surface area contributed by atoms with Crippen LogP contribution in [0, 0.1) is 0 Å². The number of pyridine rings is 1. The van der Waals surface area contributed by atoms with E-state index in [4.69, 9.17) is 9.47 Å². The molecule has 2 rings (SSSR count). The average molecular weight is 292 g/mol. The predicted octanol–water partition coefficient (Wildman–Crippen LogP) is 2.21. The molecule has 0 bridgehead atoms. The van der Waals surface area contributed by atoms with Gasteiger partial charge >= 0.3 is 0 Å². The molecule has 0 saturated carbocycles. The van der Waals surface area contributed by atoms with Gasteiger partial charge in [0, 0.05) is 18.2 Å². The molecule has 1 aromatic heterocycles.